The van der Waals surface area contributed by atoms with E-state index in [1.54, 1.807) is 38.7 Å². The number of hydrogen-bond donors (Lipinski definition) is 2. The monoisotopic (exact) mass is 736 g/mol. The average Bonchev–Trinajstić information content (AvgIpc) is 3.16. The zero-order chi connectivity index (χ0) is 38.5. The summed E-state index contributed by atoms with van der Waals surface area (Å²) in [7, 11) is 0. The molecule has 1 unspecified atom stereocenters. The van der Waals surface area contributed by atoms with Crippen LogP contribution in [0.3, 0.4) is 0 Å². The second kappa shape index (κ2) is 18.8. The number of ether oxygens (including phenoxy) is 2. The number of hydrogen-bond acceptors (Lipinski definition) is 11. The molecule has 2 amide bonds. The Balaban J connectivity index is 1.41. The molecule has 284 valence electrons. The molecule has 1 saturated heterocycles. The summed E-state index contributed by atoms with van der Waals surface area (Å²) in [6, 6.07) is 29.7. The number of nitrogens with one attached hydrogen (secondary N) is 2. The van der Waals surface area contributed by atoms with E-state index >= 15 is 0 Å². The van der Waals surface area contributed by atoms with Gasteiger partial charge in [0.25, 0.3) is 5.91 Å². The van der Waals surface area contributed by atoms with Crippen LogP contribution in [0.4, 0.5) is 10.6 Å². The highest BCUT2D eigenvalue weighted by atomic mass is 16.8. The number of amides is 2. The number of benzene rings is 3. The first-order valence-electron chi connectivity index (χ1n) is 18.2. The third-order valence-electron chi connectivity index (χ3n) is 8.47. The number of aromatic nitrogens is 2. The SMILES string of the molecule is CCOC(=O)ON1CCN(C(=O)[C@H](CCC(=O)OC(C)(C)C)NC(=O)c2cc(NC(Cc3ccccc3)c3ccccc3)nc(-c3ccccc3)n2)CC1. The Labute approximate surface area is 316 Å². The first-order chi connectivity index (χ1) is 26.0. The molecule has 1 aliphatic rings. The van der Waals surface area contributed by atoms with E-state index in [2.05, 4.69) is 27.8 Å². The molecular weight excluding hydrogens is 688 g/mol. The number of anilines is 1. The molecule has 2 N–H and O–H groups in total. The van der Waals surface area contributed by atoms with Gasteiger partial charge in [0.05, 0.1) is 25.7 Å². The van der Waals surface area contributed by atoms with E-state index in [1.165, 1.54) is 5.06 Å². The van der Waals surface area contributed by atoms with Gasteiger partial charge in [0, 0.05) is 31.1 Å². The van der Waals surface area contributed by atoms with E-state index in [0.717, 1.165) is 11.1 Å². The van der Waals surface area contributed by atoms with Crippen molar-refractivity contribution in [2.75, 3.05) is 38.1 Å². The van der Waals surface area contributed by atoms with Gasteiger partial charge in [-0.25, -0.2) is 14.8 Å². The highest BCUT2D eigenvalue weighted by Gasteiger charge is 2.32. The van der Waals surface area contributed by atoms with Gasteiger partial charge >= 0.3 is 12.1 Å². The first kappa shape index (κ1) is 39.4. The van der Waals surface area contributed by atoms with Crippen LogP contribution >= 0.6 is 0 Å². The van der Waals surface area contributed by atoms with Crippen LogP contribution in [0.25, 0.3) is 11.4 Å². The van der Waals surface area contributed by atoms with Gasteiger partial charge in [-0.1, -0.05) is 91.0 Å². The molecule has 54 heavy (non-hydrogen) atoms. The molecular formula is C41H48N6O7. The minimum absolute atomic E-state index is 0.00603. The van der Waals surface area contributed by atoms with Crippen LogP contribution in [-0.2, 0) is 30.3 Å². The molecule has 1 aliphatic heterocycles. The highest BCUT2D eigenvalue weighted by Crippen LogP contribution is 2.26. The fourth-order valence-corrected chi connectivity index (χ4v) is 5.93. The Bertz CT molecular complexity index is 1850. The third kappa shape index (κ3) is 11.9. The van der Waals surface area contributed by atoms with Crippen LogP contribution < -0.4 is 10.6 Å². The van der Waals surface area contributed by atoms with Crippen LogP contribution in [0.5, 0.6) is 0 Å². The molecule has 13 nitrogen and oxygen atoms in total. The molecule has 13 heteroatoms. The molecule has 0 bridgehead atoms. The van der Waals surface area contributed by atoms with Crippen molar-refractivity contribution < 1.29 is 33.5 Å². The quantitative estimate of drug-likeness (QED) is 0.147. The Morgan fingerprint density at radius 2 is 1.46 bits per heavy atom. The number of carbonyl (C=O) groups excluding carboxylic acids is 4. The molecule has 3 aromatic carbocycles. The number of nitrogens with zero attached hydrogens (tertiary/aromatic N) is 4. The molecule has 1 aromatic heterocycles. The summed E-state index contributed by atoms with van der Waals surface area (Å²) in [6.45, 7) is 8.07. The van der Waals surface area contributed by atoms with Crippen LogP contribution in [0.15, 0.2) is 97.1 Å². The summed E-state index contributed by atoms with van der Waals surface area (Å²) in [5.74, 6) is -0.735. The standard InChI is InChI=1S/C41H48N6O7/c1-5-52-40(51)54-47-25-23-46(24-26-47)39(50)32(21-22-36(48)53-41(2,3)4)44-38(49)34-28-35(45-37(43-34)31-19-13-8-14-20-31)42-33(30-17-11-7-12-18-30)27-29-15-9-6-10-16-29/h6-20,28,32-33H,5,21-27H2,1-4H3,(H,44,49)(H,42,43,45)/t32-,33?/m0/s1. The maximum atomic E-state index is 14.1. The normalized spacial score (nSPS) is 14.3. The van der Waals surface area contributed by atoms with E-state index in [9.17, 15) is 19.2 Å². The fraction of sp³-hybridized carbons (Fsp3) is 0.366. The minimum Gasteiger partial charge on any atom is -0.460 e. The van der Waals surface area contributed by atoms with E-state index in [-0.39, 0.29) is 63.3 Å². The molecule has 2 heterocycles. The number of piperazine rings is 1. The van der Waals surface area contributed by atoms with Gasteiger partial charge in [-0.15, -0.1) is 5.06 Å². The molecule has 0 spiro atoms. The first-order valence-corrected chi connectivity index (χ1v) is 18.2. The van der Waals surface area contributed by atoms with Crippen LogP contribution in [0.2, 0.25) is 0 Å². The van der Waals surface area contributed by atoms with Gasteiger partial charge < -0.3 is 29.8 Å². The zero-order valence-corrected chi connectivity index (χ0v) is 31.2. The number of hydroxylamine groups is 2. The van der Waals surface area contributed by atoms with Crippen molar-refractivity contribution in [3.8, 4) is 11.4 Å². The van der Waals surface area contributed by atoms with E-state index in [0.29, 0.717) is 23.6 Å². The predicted molar refractivity (Wildman–Crippen MR) is 203 cm³/mol. The maximum Gasteiger partial charge on any atom is 0.527 e. The molecule has 0 radical (unpaired) electrons. The zero-order valence-electron chi connectivity index (χ0n) is 31.2. The van der Waals surface area contributed by atoms with Crippen molar-refractivity contribution in [1.82, 2.24) is 25.2 Å². The fourth-order valence-electron chi connectivity index (χ4n) is 5.93. The molecule has 2 atom stereocenters. The predicted octanol–water partition coefficient (Wildman–Crippen LogP) is 5.99. The van der Waals surface area contributed by atoms with Crippen molar-refractivity contribution in [2.24, 2.45) is 0 Å². The lowest BCUT2D eigenvalue weighted by Crippen LogP contribution is -2.55. The van der Waals surface area contributed by atoms with Gasteiger partial charge in [-0.3, -0.25) is 14.4 Å². The molecule has 0 aliphatic carbocycles. The van der Waals surface area contributed by atoms with Crippen molar-refractivity contribution >= 4 is 29.8 Å². The summed E-state index contributed by atoms with van der Waals surface area (Å²) in [5.41, 5.74) is 2.18. The van der Waals surface area contributed by atoms with Crippen molar-refractivity contribution in [2.45, 2.75) is 64.6 Å². The Kier molecular flexibility index (Phi) is 13.7. The van der Waals surface area contributed by atoms with E-state index in [1.807, 2.05) is 78.9 Å². The smallest absolute Gasteiger partial charge is 0.460 e. The molecule has 1 fully saturated rings. The van der Waals surface area contributed by atoms with Gasteiger partial charge in [0.1, 0.15) is 23.2 Å². The number of esters is 1. The Hall–Kier alpha value is -5.82. The Morgan fingerprint density at radius 3 is 2.09 bits per heavy atom. The van der Waals surface area contributed by atoms with Crippen LogP contribution in [0, 0.1) is 0 Å². The molecule has 0 saturated carbocycles. The largest absolute Gasteiger partial charge is 0.527 e. The summed E-state index contributed by atoms with van der Waals surface area (Å²) in [5, 5.41) is 7.84. The maximum absolute atomic E-state index is 14.1. The van der Waals surface area contributed by atoms with E-state index in [4.69, 9.17) is 19.3 Å². The van der Waals surface area contributed by atoms with Gasteiger partial charge in [0.15, 0.2) is 5.82 Å². The molecule has 5 rings (SSSR count). The van der Waals surface area contributed by atoms with Gasteiger partial charge in [-0.2, -0.15) is 0 Å². The van der Waals surface area contributed by atoms with Gasteiger partial charge in [0.2, 0.25) is 5.91 Å². The van der Waals surface area contributed by atoms with Crippen LogP contribution in [0.1, 0.15) is 68.2 Å². The minimum atomic E-state index is -1.08. The van der Waals surface area contributed by atoms with Crippen molar-refractivity contribution in [3.05, 3.63) is 114 Å². The van der Waals surface area contributed by atoms with Crippen molar-refractivity contribution in [1.29, 1.82) is 0 Å². The average molecular weight is 737 g/mol. The third-order valence-corrected chi connectivity index (χ3v) is 8.47. The second-order valence-corrected chi connectivity index (χ2v) is 13.8. The van der Waals surface area contributed by atoms with Crippen LogP contribution in [-0.4, -0.2) is 88.3 Å². The lowest BCUT2D eigenvalue weighted by molar-refractivity contribution is -0.158. The molecule has 4 aromatic rings. The van der Waals surface area contributed by atoms with Gasteiger partial charge in [-0.05, 0) is 51.7 Å². The Morgan fingerprint density at radius 1 is 0.833 bits per heavy atom. The van der Waals surface area contributed by atoms with E-state index < -0.39 is 29.7 Å². The summed E-state index contributed by atoms with van der Waals surface area (Å²) in [6.07, 6.45) is -0.280. The highest BCUT2D eigenvalue weighted by molar-refractivity contribution is 5.97. The lowest BCUT2D eigenvalue weighted by Gasteiger charge is -2.35. The summed E-state index contributed by atoms with van der Waals surface area (Å²) in [4.78, 5) is 68.9. The lowest BCUT2D eigenvalue weighted by atomic mass is 9.99. The number of rotatable bonds is 14. The van der Waals surface area contributed by atoms with Crippen molar-refractivity contribution in [3.63, 3.8) is 0 Å². The summed E-state index contributed by atoms with van der Waals surface area (Å²) >= 11 is 0. The summed E-state index contributed by atoms with van der Waals surface area (Å²) < 4.78 is 10.4. The topological polar surface area (TPSA) is 152 Å². The number of carbonyl (C=O) groups is 4. The second-order valence-electron chi connectivity index (χ2n) is 13.8.